The average Bonchev–Trinajstić information content (AvgIpc) is 2.27. The number of nitrogens with one attached hydrogen (secondary N) is 1. The molecule has 6 nitrogen and oxygen atoms in total. The molecular weight excluding hydrogens is 224 g/mol. The van der Waals surface area contributed by atoms with E-state index in [1.54, 1.807) is 0 Å². The Morgan fingerprint density at radius 3 is 2.35 bits per heavy atom. The van der Waals surface area contributed by atoms with Gasteiger partial charge in [-0.1, -0.05) is 6.07 Å². The molecule has 6 heteroatoms. The smallest absolute Gasteiger partial charge is 0.335 e. The fourth-order valence-corrected chi connectivity index (χ4v) is 1.27. The lowest BCUT2D eigenvalue weighted by Crippen LogP contribution is -2.42. The van der Waals surface area contributed by atoms with Gasteiger partial charge in [0.25, 0.3) is 5.91 Å². The van der Waals surface area contributed by atoms with Gasteiger partial charge < -0.3 is 5.11 Å². The lowest BCUT2D eigenvalue weighted by atomic mass is 10.1. The van der Waals surface area contributed by atoms with Crippen LogP contribution in [0.25, 0.3) is 0 Å². The molecule has 2 amide bonds. The summed E-state index contributed by atoms with van der Waals surface area (Å²) in [4.78, 5) is 33.3. The van der Waals surface area contributed by atoms with E-state index in [9.17, 15) is 14.4 Å². The SMILES string of the molecule is CC(=O)NN(C)C(=O)c1cccc(C(=O)O)c1. The molecule has 1 aromatic rings. The van der Waals surface area contributed by atoms with Gasteiger partial charge >= 0.3 is 5.97 Å². The number of aromatic carboxylic acids is 1. The number of hydrogen-bond donors (Lipinski definition) is 2. The van der Waals surface area contributed by atoms with Crippen molar-refractivity contribution in [3.63, 3.8) is 0 Å². The Morgan fingerprint density at radius 2 is 1.82 bits per heavy atom. The third kappa shape index (κ3) is 3.30. The molecule has 0 aromatic heterocycles. The minimum Gasteiger partial charge on any atom is -0.478 e. The standard InChI is InChI=1S/C11H12N2O4/c1-7(14)12-13(2)10(15)8-4-3-5-9(6-8)11(16)17/h3-6H,1-2H3,(H,12,14)(H,16,17). The molecule has 0 aliphatic rings. The minimum absolute atomic E-state index is 0.0204. The summed E-state index contributed by atoms with van der Waals surface area (Å²) in [6.45, 7) is 1.28. The summed E-state index contributed by atoms with van der Waals surface area (Å²) < 4.78 is 0. The second kappa shape index (κ2) is 5.11. The first kappa shape index (κ1) is 12.7. The Balaban J connectivity index is 2.92. The van der Waals surface area contributed by atoms with Crippen molar-refractivity contribution < 1.29 is 19.5 Å². The van der Waals surface area contributed by atoms with Gasteiger partial charge in [0, 0.05) is 19.5 Å². The molecule has 17 heavy (non-hydrogen) atoms. The van der Waals surface area contributed by atoms with Crippen molar-refractivity contribution in [2.45, 2.75) is 6.92 Å². The molecule has 1 aromatic carbocycles. The van der Waals surface area contributed by atoms with Crippen LogP contribution in [0.4, 0.5) is 0 Å². The normalized spacial score (nSPS) is 9.53. The summed E-state index contributed by atoms with van der Waals surface area (Å²) >= 11 is 0. The highest BCUT2D eigenvalue weighted by Crippen LogP contribution is 2.07. The van der Waals surface area contributed by atoms with Crippen molar-refractivity contribution in [2.75, 3.05) is 7.05 Å². The zero-order chi connectivity index (χ0) is 13.0. The van der Waals surface area contributed by atoms with Gasteiger partial charge in [-0.2, -0.15) is 0 Å². The average molecular weight is 236 g/mol. The lowest BCUT2D eigenvalue weighted by Gasteiger charge is -2.17. The summed E-state index contributed by atoms with van der Waals surface area (Å²) in [5.41, 5.74) is 2.50. The number of carbonyl (C=O) groups is 3. The Bertz CT molecular complexity index is 470. The second-order valence-corrected chi connectivity index (χ2v) is 3.42. The van der Waals surface area contributed by atoms with Crippen LogP contribution in [0.5, 0.6) is 0 Å². The van der Waals surface area contributed by atoms with E-state index in [1.165, 1.54) is 38.2 Å². The first-order chi connectivity index (χ1) is 7.91. The maximum absolute atomic E-state index is 11.8. The van der Waals surface area contributed by atoms with Crippen LogP contribution in [0.3, 0.4) is 0 Å². The molecule has 0 unspecified atom stereocenters. The number of benzene rings is 1. The quantitative estimate of drug-likeness (QED) is 0.732. The molecule has 1 rings (SSSR count). The fourth-order valence-electron chi connectivity index (χ4n) is 1.27. The van der Waals surface area contributed by atoms with Crippen molar-refractivity contribution >= 4 is 17.8 Å². The Labute approximate surface area is 97.8 Å². The number of hydrogen-bond acceptors (Lipinski definition) is 3. The summed E-state index contributed by atoms with van der Waals surface area (Å²) in [6.07, 6.45) is 0. The third-order valence-electron chi connectivity index (χ3n) is 1.99. The van der Waals surface area contributed by atoms with Gasteiger partial charge in [-0.15, -0.1) is 0 Å². The van der Waals surface area contributed by atoms with Gasteiger partial charge in [-0.25, -0.2) is 4.79 Å². The molecule has 0 spiro atoms. The van der Waals surface area contributed by atoms with E-state index < -0.39 is 11.9 Å². The summed E-state index contributed by atoms with van der Waals surface area (Å²) in [5.74, 6) is -1.97. The maximum Gasteiger partial charge on any atom is 0.335 e. The number of amides is 2. The molecule has 0 bridgehead atoms. The third-order valence-corrected chi connectivity index (χ3v) is 1.99. The van der Waals surface area contributed by atoms with Crippen molar-refractivity contribution in [3.8, 4) is 0 Å². The molecule has 0 aliphatic carbocycles. The number of hydrazine groups is 1. The van der Waals surface area contributed by atoms with Crippen LogP contribution in [0, 0.1) is 0 Å². The molecule has 0 radical (unpaired) electrons. The van der Waals surface area contributed by atoms with E-state index in [0.29, 0.717) is 0 Å². The van der Waals surface area contributed by atoms with E-state index in [0.717, 1.165) is 5.01 Å². The van der Waals surface area contributed by atoms with E-state index in [4.69, 9.17) is 5.11 Å². The summed E-state index contributed by atoms with van der Waals surface area (Å²) in [7, 11) is 1.39. The van der Waals surface area contributed by atoms with Gasteiger partial charge in [-0.05, 0) is 18.2 Å². The molecule has 90 valence electrons. The first-order valence-electron chi connectivity index (χ1n) is 4.80. The van der Waals surface area contributed by atoms with Crippen LogP contribution in [-0.2, 0) is 4.79 Å². The molecule has 0 heterocycles. The van der Waals surface area contributed by atoms with Crippen molar-refractivity contribution in [2.24, 2.45) is 0 Å². The zero-order valence-electron chi connectivity index (χ0n) is 9.43. The van der Waals surface area contributed by atoms with Gasteiger partial charge in [-0.3, -0.25) is 20.0 Å². The predicted octanol–water partition coefficient (Wildman–Crippen LogP) is 0.508. The first-order valence-corrected chi connectivity index (χ1v) is 4.80. The Kier molecular flexibility index (Phi) is 3.82. The summed E-state index contributed by atoms with van der Waals surface area (Å²) in [5, 5.41) is 9.78. The van der Waals surface area contributed by atoms with Crippen molar-refractivity contribution in [1.29, 1.82) is 0 Å². The zero-order valence-corrected chi connectivity index (χ0v) is 9.43. The van der Waals surface area contributed by atoms with Crippen LogP contribution < -0.4 is 5.43 Å². The van der Waals surface area contributed by atoms with E-state index in [-0.39, 0.29) is 17.0 Å². The van der Waals surface area contributed by atoms with Crippen molar-refractivity contribution in [1.82, 2.24) is 10.4 Å². The number of carboxylic acids is 1. The van der Waals surface area contributed by atoms with Crippen LogP contribution in [0.1, 0.15) is 27.6 Å². The molecular formula is C11H12N2O4. The Morgan fingerprint density at radius 1 is 1.24 bits per heavy atom. The molecule has 0 fully saturated rings. The monoisotopic (exact) mass is 236 g/mol. The van der Waals surface area contributed by atoms with Crippen LogP contribution in [-0.4, -0.2) is 34.9 Å². The van der Waals surface area contributed by atoms with E-state index in [2.05, 4.69) is 5.43 Å². The highest BCUT2D eigenvalue weighted by molar-refractivity contribution is 5.97. The van der Waals surface area contributed by atoms with Gasteiger partial charge in [0.2, 0.25) is 5.91 Å². The molecule has 0 saturated heterocycles. The minimum atomic E-state index is -1.11. The fraction of sp³-hybridized carbons (Fsp3) is 0.182. The highest BCUT2D eigenvalue weighted by atomic mass is 16.4. The number of rotatable bonds is 2. The van der Waals surface area contributed by atoms with Crippen LogP contribution in [0.2, 0.25) is 0 Å². The van der Waals surface area contributed by atoms with Crippen LogP contribution >= 0.6 is 0 Å². The van der Waals surface area contributed by atoms with Gasteiger partial charge in [0.05, 0.1) is 5.56 Å². The van der Waals surface area contributed by atoms with E-state index >= 15 is 0 Å². The van der Waals surface area contributed by atoms with Crippen LogP contribution in [0.15, 0.2) is 24.3 Å². The van der Waals surface area contributed by atoms with Gasteiger partial charge in [0.1, 0.15) is 0 Å². The second-order valence-electron chi connectivity index (χ2n) is 3.42. The topological polar surface area (TPSA) is 86.7 Å². The number of nitrogens with zero attached hydrogens (tertiary/aromatic N) is 1. The number of carboxylic acid groups (broad SMARTS) is 1. The molecule has 0 atom stereocenters. The molecule has 0 saturated carbocycles. The largest absolute Gasteiger partial charge is 0.478 e. The predicted molar refractivity (Wildman–Crippen MR) is 59.3 cm³/mol. The summed E-state index contributed by atoms with van der Waals surface area (Å²) in [6, 6.07) is 5.59. The Hall–Kier alpha value is -2.37. The highest BCUT2D eigenvalue weighted by Gasteiger charge is 2.14. The maximum atomic E-state index is 11.8. The van der Waals surface area contributed by atoms with Gasteiger partial charge in [0.15, 0.2) is 0 Å². The lowest BCUT2D eigenvalue weighted by molar-refractivity contribution is -0.122. The molecule has 2 N–H and O–H groups in total. The van der Waals surface area contributed by atoms with Crippen molar-refractivity contribution in [3.05, 3.63) is 35.4 Å². The number of carbonyl (C=O) groups excluding carboxylic acids is 2. The molecule has 0 aliphatic heterocycles. The van der Waals surface area contributed by atoms with E-state index in [1.807, 2.05) is 0 Å².